The zero-order valence-corrected chi connectivity index (χ0v) is 13.3. The fourth-order valence-electron chi connectivity index (χ4n) is 2.67. The van der Waals surface area contributed by atoms with E-state index in [9.17, 15) is 5.11 Å². The van der Waals surface area contributed by atoms with E-state index in [1.165, 1.54) is 49.7 Å². The number of nitrogen functional groups attached to an aromatic ring is 1. The van der Waals surface area contributed by atoms with E-state index in [0.717, 1.165) is 24.1 Å². The third-order valence-electron chi connectivity index (χ3n) is 3.91. The van der Waals surface area contributed by atoms with E-state index >= 15 is 0 Å². The molecule has 2 nitrogen and oxygen atoms in total. The van der Waals surface area contributed by atoms with Crippen LogP contribution in [0.25, 0.3) is 0 Å². The lowest BCUT2D eigenvalue weighted by atomic mass is 9.95. The fourth-order valence-corrected chi connectivity index (χ4v) is 2.67. The minimum Gasteiger partial charge on any atom is -0.398 e. The van der Waals surface area contributed by atoms with Crippen LogP contribution in [0.1, 0.15) is 69.1 Å². The van der Waals surface area contributed by atoms with Crippen LogP contribution in [0.15, 0.2) is 12.1 Å². The van der Waals surface area contributed by atoms with Crippen molar-refractivity contribution in [1.82, 2.24) is 0 Å². The highest BCUT2D eigenvalue weighted by atomic mass is 16.2. The summed E-state index contributed by atoms with van der Waals surface area (Å²) in [6, 6.07) is 4.49. The zero-order valence-electron chi connectivity index (χ0n) is 13.3. The fraction of sp³-hybridized carbons (Fsp3) is 0.667. The van der Waals surface area contributed by atoms with Gasteiger partial charge >= 0.3 is 0 Å². The average molecular weight is 277 g/mol. The van der Waals surface area contributed by atoms with Gasteiger partial charge in [-0.3, -0.25) is 0 Å². The number of aliphatic hydroxyl groups is 1. The van der Waals surface area contributed by atoms with Crippen LogP contribution in [-0.2, 0) is 19.3 Å². The molecule has 1 aromatic carbocycles. The summed E-state index contributed by atoms with van der Waals surface area (Å²) in [6.45, 7) is 4.63. The van der Waals surface area contributed by atoms with E-state index < -0.39 is 0 Å². The van der Waals surface area contributed by atoms with Crippen LogP contribution in [0.2, 0.25) is 0 Å². The average Bonchev–Trinajstić information content (AvgIpc) is 2.44. The van der Waals surface area contributed by atoms with Crippen molar-refractivity contribution >= 4 is 5.69 Å². The van der Waals surface area contributed by atoms with Crippen LogP contribution >= 0.6 is 0 Å². The van der Waals surface area contributed by atoms with Gasteiger partial charge in [-0.1, -0.05) is 51.7 Å². The minimum absolute atomic E-state index is 0.178. The maximum atomic E-state index is 9.20. The second kappa shape index (κ2) is 9.82. The molecule has 0 heterocycles. The van der Waals surface area contributed by atoms with Crippen molar-refractivity contribution in [3.63, 3.8) is 0 Å². The van der Waals surface area contributed by atoms with Gasteiger partial charge in [0.2, 0.25) is 0 Å². The number of unbranched alkanes of at least 4 members (excludes halogenated alkanes) is 4. The van der Waals surface area contributed by atoms with E-state index in [4.69, 9.17) is 5.73 Å². The van der Waals surface area contributed by atoms with E-state index in [-0.39, 0.29) is 6.61 Å². The first-order chi connectivity index (χ1) is 9.72. The number of hydrogen-bond donors (Lipinski definition) is 2. The third kappa shape index (κ3) is 5.54. The molecule has 0 amide bonds. The highest BCUT2D eigenvalue weighted by Gasteiger charge is 2.08. The van der Waals surface area contributed by atoms with Crippen molar-refractivity contribution in [2.24, 2.45) is 0 Å². The largest absolute Gasteiger partial charge is 0.398 e. The molecular weight excluding hydrogens is 246 g/mol. The van der Waals surface area contributed by atoms with Crippen LogP contribution in [0.3, 0.4) is 0 Å². The summed E-state index contributed by atoms with van der Waals surface area (Å²) in [7, 11) is 0. The first-order valence-corrected chi connectivity index (χ1v) is 8.23. The van der Waals surface area contributed by atoms with Crippen molar-refractivity contribution < 1.29 is 5.11 Å². The monoisotopic (exact) mass is 277 g/mol. The van der Waals surface area contributed by atoms with E-state index in [1.807, 2.05) is 0 Å². The Morgan fingerprint density at radius 1 is 0.850 bits per heavy atom. The summed E-state index contributed by atoms with van der Waals surface area (Å²) in [5.41, 5.74) is 11.0. The molecule has 1 aromatic rings. The molecule has 20 heavy (non-hydrogen) atoms. The Morgan fingerprint density at radius 2 is 1.40 bits per heavy atom. The molecule has 0 atom stereocenters. The summed E-state index contributed by atoms with van der Waals surface area (Å²) in [5.74, 6) is 0. The topological polar surface area (TPSA) is 46.2 Å². The maximum absolute atomic E-state index is 9.20. The predicted molar refractivity (Wildman–Crippen MR) is 88.1 cm³/mol. The molecule has 0 spiro atoms. The Balaban J connectivity index is 2.82. The van der Waals surface area contributed by atoms with Crippen LogP contribution in [0.4, 0.5) is 5.69 Å². The number of rotatable bonds is 10. The summed E-state index contributed by atoms with van der Waals surface area (Å²) >= 11 is 0. The molecule has 0 fully saturated rings. The second-order valence-electron chi connectivity index (χ2n) is 5.72. The maximum Gasteiger partial charge on any atom is 0.0472 e. The zero-order chi connectivity index (χ0) is 14.8. The van der Waals surface area contributed by atoms with Crippen LogP contribution in [0.5, 0.6) is 0 Å². The third-order valence-corrected chi connectivity index (χ3v) is 3.91. The summed E-state index contributed by atoms with van der Waals surface area (Å²) in [5, 5.41) is 9.20. The van der Waals surface area contributed by atoms with Crippen LogP contribution < -0.4 is 5.73 Å². The Morgan fingerprint density at radius 3 is 1.95 bits per heavy atom. The van der Waals surface area contributed by atoms with E-state index in [0.29, 0.717) is 6.42 Å². The SMILES string of the molecule is CCCCCc1cc(CCO)c(N)c(CCCCC)c1. The molecule has 0 unspecified atom stereocenters. The van der Waals surface area contributed by atoms with Crippen LogP contribution in [0, 0.1) is 0 Å². The van der Waals surface area contributed by atoms with E-state index in [1.54, 1.807) is 0 Å². The molecule has 1 rings (SSSR count). The van der Waals surface area contributed by atoms with Crippen molar-refractivity contribution in [3.8, 4) is 0 Å². The van der Waals surface area contributed by atoms with Gasteiger partial charge in [0.25, 0.3) is 0 Å². The van der Waals surface area contributed by atoms with Crippen molar-refractivity contribution in [3.05, 3.63) is 28.8 Å². The first-order valence-electron chi connectivity index (χ1n) is 8.23. The number of hydrogen-bond acceptors (Lipinski definition) is 2. The Hall–Kier alpha value is -1.02. The van der Waals surface area contributed by atoms with Crippen molar-refractivity contribution in [2.75, 3.05) is 12.3 Å². The quantitative estimate of drug-likeness (QED) is 0.495. The molecule has 0 radical (unpaired) electrons. The normalized spacial score (nSPS) is 10.9. The number of nitrogens with two attached hydrogens (primary N) is 1. The lowest BCUT2D eigenvalue weighted by molar-refractivity contribution is 0.300. The van der Waals surface area contributed by atoms with E-state index in [2.05, 4.69) is 26.0 Å². The van der Waals surface area contributed by atoms with Gasteiger partial charge in [0.05, 0.1) is 0 Å². The number of aryl methyl sites for hydroxylation is 2. The number of aliphatic hydroxyl groups excluding tert-OH is 1. The summed E-state index contributed by atoms with van der Waals surface area (Å²) in [6.07, 6.45) is 10.4. The van der Waals surface area contributed by atoms with Gasteiger partial charge in [-0.2, -0.15) is 0 Å². The summed E-state index contributed by atoms with van der Waals surface area (Å²) in [4.78, 5) is 0. The molecule has 0 aliphatic carbocycles. The van der Waals surface area contributed by atoms with Gasteiger partial charge in [-0.25, -0.2) is 0 Å². The van der Waals surface area contributed by atoms with Crippen LogP contribution in [-0.4, -0.2) is 11.7 Å². The Labute approximate surface area is 124 Å². The molecule has 3 N–H and O–H groups in total. The minimum atomic E-state index is 0.178. The molecule has 0 saturated heterocycles. The van der Waals surface area contributed by atoms with Crippen molar-refractivity contribution in [1.29, 1.82) is 0 Å². The molecule has 0 saturated carbocycles. The first kappa shape index (κ1) is 17.0. The predicted octanol–water partition coefficient (Wildman–Crippen LogP) is 4.27. The lowest BCUT2D eigenvalue weighted by Crippen LogP contribution is -2.04. The molecular formula is C18H31NO. The van der Waals surface area contributed by atoms with Gasteiger partial charge in [-0.15, -0.1) is 0 Å². The molecule has 114 valence electrons. The van der Waals surface area contributed by atoms with Gasteiger partial charge in [0.15, 0.2) is 0 Å². The number of anilines is 1. The number of benzene rings is 1. The Kier molecular flexibility index (Phi) is 8.36. The summed E-state index contributed by atoms with van der Waals surface area (Å²) < 4.78 is 0. The highest BCUT2D eigenvalue weighted by molar-refractivity contribution is 5.56. The smallest absolute Gasteiger partial charge is 0.0472 e. The van der Waals surface area contributed by atoms with Gasteiger partial charge in [0, 0.05) is 12.3 Å². The lowest BCUT2D eigenvalue weighted by Gasteiger charge is -2.14. The Bertz CT molecular complexity index is 387. The van der Waals surface area contributed by atoms with Crippen molar-refractivity contribution in [2.45, 2.75) is 71.6 Å². The standard InChI is InChI=1S/C18H31NO/c1-3-5-7-9-15-13-16(10-8-6-4-2)18(19)17(14-15)11-12-20/h13-14,20H,3-12,19H2,1-2H3. The van der Waals surface area contributed by atoms with Gasteiger partial charge in [-0.05, 0) is 48.8 Å². The molecule has 2 heteroatoms. The highest BCUT2D eigenvalue weighted by Crippen LogP contribution is 2.24. The molecule has 0 aromatic heterocycles. The van der Waals surface area contributed by atoms with Gasteiger partial charge < -0.3 is 10.8 Å². The molecule has 0 aliphatic heterocycles. The molecule has 0 aliphatic rings. The second-order valence-corrected chi connectivity index (χ2v) is 5.72. The molecule has 0 bridgehead atoms. The van der Waals surface area contributed by atoms with Gasteiger partial charge in [0.1, 0.15) is 0 Å².